The monoisotopic (exact) mass is 565 g/mol. The number of piperazine rings is 1. The largest absolute Gasteiger partial charge is 0.495 e. The summed E-state index contributed by atoms with van der Waals surface area (Å²) >= 11 is 0. The van der Waals surface area contributed by atoms with E-state index in [1.807, 2.05) is 12.1 Å². The lowest BCUT2D eigenvalue weighted by Gasteiger charge is -2.36. The highest BCUT2D eigenvalue weighted by molar-refractivity contribution is 7.89. The number of anilines is 1. The highest BCUT2D eigenvalue weighted by atomic mass is 35.5. The molecule has 1 saturated heterocycles. The van der Waals surface area contributed by atoms with Crippen LogP contribution in [-0.2, 0) is 10.0 Å². The number of rotatable bonds is 12. The van der Waals surface area contributed by atoms with Gasteiger partial charge in [-0.1, -0.05) is 65.8 Å². The number of hydrogen-bond acceptors (Lipinski definition) is 5. The topological polar surface area (TPSA) is 61.9 Å². The zero-order valence-corrected chi connectivity index (χ0v) is 25.9. The van der Waals surface area contributed by atoms with Crippen molar-refractivity contribution in [2.24, 2.45) is 0 Å². The van der Waals surface area contributed by atoms with Crippen molar-refractivity contribution in [3.05, 3.63) is 53.1 Å². The van der Waals surface area contributed by atoms with Crippen LogP contribution in [0.2, 0.25) is 0 Å². The summed E-state index contributed by atoms with van der Waals surface area (Å²) in [7, 11) is -1.87. The maximum Gasteiger partial charge on any atom is 0.241 e. The minimum absolute atomic E-state index is 0. The molecule has 0 unspecified atom stereocenters. The van der Waals surface area contributed by atoms with Crippen LogP contribution in [0.15, 0.2) is 41.3 Å². The first-order valence-corrected chi connectivity index (χ1v) is 15.3. The molecule has 8 heteroatoms. The summed E-state index contributed by atoms with van der Waals surface area (Å²) in [5.74, 6) is 1.55. The van der Waals surface area contributed by atoms with Crippen molar-refractivity contribution in [3.63, 3.8) is 0 Å². The summed E-state index contributed by atoms with van der Waals surface area (Å²) in [6.45, 7) is 18.0. The highest BCUT2D eigenvalue weighted by Gasteiger charge is 2.26. The number of benzene rings is 2. The SMILES string of the molecule is COc1ccccc1N1CCN(CCCCNS(=O)(=O)c2c(C(C)C)cc(C(C)C)cc2C(C)C)CC1.Cl. The summed E-state index contributed by atoms with van der Waals surface area (Å²) in [6.07, 6.45) is 1.79. The van der Waals surface area contributed by atoms with Gasteiger partial charge in [-0.2, -0.15) is 0 Å². The third-order valence-electron chi connectivity index (χ3n) is 7.34. The molecule has 0 saturated carbocycles. The Hall–Kier alpha value is -1.80. The molecule has 38 heavy (non-hydrogen) atoms. The number of nitrogens with one attached hydrogen (secondary N) is 1. The molecule has 0 aliphatic carbocycles. The number of unbranched alkanes of at least 4 members (excludes halogenated alkanes) is 1. The smallest absolute Gasteiger partial charge is 0.241 e. The number of sulfonamides is 1. The Morgan fingerprint density at radius 2 is 1.45 bits per heavy atom. The van der Waals surface area contributed by atoms with Crippen molar-refractivity contribution >= 4 is 28.1 Å². The molecule has 2 aromatic rings. The van der Waals surface area contributed by atoms with Crippen molar-refractivity contribution in [2.75, 3.05) is 51.3 Å². The maximum absolute atomic E-state index is 13.5. The van der Waals surface area contributed by atoms with Gasteiger partial charge in [0.2, 0.25) is 10.0 Å². The number of methoxy groups -OCH3 is 1. The highest BCUT2D eigenvalue weighted by Crippen LogP contribution is 2.35. The predicted octanol–water partition coefficient (Wildman–Crippen LogP) is 6.37. The first-order valence-electron chi connectivity index (χ1n) is 13.8. The summed E-state index contributed by atoms with van der Waals surface area (Å²) in [6, 6.07) is 12.4. The van der Waals surface area contributed by atoms with Crippen LogP contribution >= 0.6 is 12.4 Å². The van der Waals surface area contributed by atoms with Crippen LogP contribution in [-0.4, -0.2) is 59.7 Å². The van der Waals surface area contributed by atoms with Crippen molar-refractivity contribution in [1.82, 2.24) is 9.62 Å². The molecule has 1 N–H and O–H groups in total. The van der Waals surface area contributed by atoms with Gasteiger partial charge in [0.25, 0.3) is 0 Å². The zero-order valence-electron chi connectivity index (χ0n) is 24.3. The Bertz CT molecular complexity index is 1100. The van der Waals surface area contributed by atoms with Gasteiger partial charge in [-0.3, -0.25) is 4.90 Å². The van der Waals surface area contributed by atoms with E-state index < -0.39 is 10.0 Å². The van der Waals surface area contributed by atoms with E-state index in [1.165, 1.54) is 5.56 Å². The van der Waals surface area contributed by atoms with E-state index in [1.54, 1.807) is 7.11 Å². The van der Waals surface area contributed by atoms with E-state index in [2.05, 4.69) is 80.3 Å². The molecule has 3 rings (SSSR count). The standard InChI is InChI=1S/C30H47N3O3S.ClH/c1-22(2)25-20-26(23(3)4)30(27(21-25)24(5)6)37(34,35)31-14-10-11-15-32-16-18-33(19-17-32)28-12-8-9-13-29(28)36-7;/h8-9,12-13,20-24,31H,10-11,14-19H2,1-7H3;1H. The van der Waals surface area contributed by atoms with Crippen molar-refractivity contribution < 1.29 is 13.2 Å². The Labute approximate surface area is 237 Å². The molecule has 0 radical (unpaired) electrons. The van der Waals surface area contributed by atoms with Crippen molar-refractivity contribution in [1.29, 1.82) is 0 Å². The van der Waals surface area contributed by atoms with Gasteiger partial charge in [0.05, 0.1) is 17.7 Å². The van der Waals surface area contributed by atoms with Gasteiger partial charge >= 0.3 is 0 Å². The molecule has 1 aliphatic rings. The fourth-order valence-corrected chi connectivity index (χ4v) is 6.81. The summed E-state index contributed by atoms with van der Waals surface area (Å²) in [5, 5.41) is 0. The van der Waals surface area contributed by atoms with Crippen LogP contribution < -0.4 is 14.4 Å². The Morgan fingerprint density at radius 3 is 1.97 bits per heavy atom. The molecular weight excluding hydrogens is 518 g/mol. The van der Waals surface area contributed by atoms with Crippen molar-refractivity contribution in [2.45, 2.75) is 77.0 Å². The lowest BCUT2D eigenvalue weighted by molar-refractivity contribution is 0.252. The van der Waals surface area contributed by atoms with Gasteiger partial charge in [-0.05, 0) is 66.0 Å². The quantitative estimate of drug-likeness (QED) is 0.303. The van der Waals surface area contributed by atoms with Crippen LogP contribution in [0.3, 0.4) is 0 Å². The molecular formula is C30H48ClN3O3S. The van der Waals surface area contributed by atoms with E-state index in [-0.39, 0.29) is 24.2 Å². The molecule has 0 atom stereocenters. The predicted molar refractivity (Wildman–Crippen MR) is 162 cm³/mol. The van der Waals surface area contributed by atoms with E-state index in [9.17, 15) is 8.42 Å². The average Bonchev–Trinajstić information content (AvgIpc) is 2.87. The molecule has 0 spiro atoms. The third kappa shape index (κ3) is 8.10. The van der Waals surface area contributed by atoms with Gasteiger partial charge in [-0.15, -0.1) is 12.4 Å². The fraction of sp³-hybridized carbons (Fsp3) is 0.600. The van der Waals surface area contributed by atoms with E-state index >= 15 is 0 Å². The number of halogens is 1. The molecule has 1 heterocycles. The van der Waals surface area contributed by atoms with Gasteiger partial charge in [0.15, 0.2) is 0 Å². The molecule has 1 aliphatic heterocycles. The van der Waals surface area contributed by atoms with Crippen LogP contribution in [0.1, 0.15) is 88.8 Å². The van der Waals surface area contributed by atoms with Crippen LogP contribution in [0.5, 0.6) is 5.75 Å². The van der Waals surface area contributed by atoms with Gasteiger partial charge in [0, 0.05) is 32.7 Å². The van der Waals surface area contributed by atoms with Gasteiger partial charge in [-0.25, -0.2) is 13.1 Å². The zero-order chi connectivity index (χ0) is 27.2. The second-order valence-electron chi connectivity index (χ2n) is 11.1. The minimum atomic E-state index is -3.59. The fourth-order valence-electron chi connectivity index (χ4n) is 5.04. The van der Waals surface area contributed by atoms with Crippen LogP contribution in [0, 0.1) is 0 Å². The normalized spacial score (nSPS) is 14.8. The minimum Gasteiger partial charge on any atom is -0.495 e. The second-order valence-corrected chi connectivity index (χ2v) is 12.8. The number of para-hydroxylation sites is 2. The second kappa shape index (κ2) is 14.5. The Kier molecular flexibility index (Phi) is 12.4. The number of hydrogen-bond donors (Lipinski definition) is 1. The summed E-state index contributed by atoms with van der Waals surface area (Å²) in [5.41, 5.74) is 4.21. The molecule has 214 valence electrons. The van der Waals surface area contributed by atoms with Crippen molar-refractivity contribution in [3.8, 4) is 5.75 Å². The summed E-state index contributed by atoms with van der Waals surface area (Å²) < 4.78 is 35.5. The lowest BCUT2D eigenvalue weighted by Crippen LogP contribution is -2.46. The molecule has 6 nitrogen and oxygen atoms in total. The molecule has 2 aromatic carbocycles. The van der Waals surface area contributed by atoms with E-state index in [4.69, 9.17) is 4.74 Å². The van der Waals surface area contributed by atoms with Gasteiger partial charge < -0.3 is 9.64 Å². The Morgan fingerprint density at radius 1 is 0.868 bits per heavy atom. The van der Waals surface area contributed by atoms with Crippen LogP contribution in [0.4, 0.5) is 5.69 Å². The lowest BCUT2D eigenvalue weighted by atomic mass is 9.89. The third-order valence-corrected chi connectivity index (χ3v) is 8.93. The molecule has 0 aromatic heterocycles. The van der Waals surface area contributed by atoms with Crippen LogP contribution in [0.25, 0.3) is 0 Å². The number of ether oxygens (including phenoxy) is 1. The van der Waals surface area contributed by atoms with E-state index in [0.717, 1.165) is 68.1 Å². The average molecular weight is 566 g/mol. The van der Waals surface area contributed by atoms with Gasteiger partial charge in [0.1, 0.15) is 5.75 Å². The Balaban J connectivity index is 0.00000507. The summed E-state index contributed by atoms with van der Waals surface area (Å²) in [4.78, 5) is 5.35. The maximum atomic E-state index is 13.5. The molecule has 1 fully saturated rings. The molecule has 0 amide bonds. The number of nitrogens with zero attached hydrogens (tertiary/aromatic N) is 2. The first-order chi connectivity index (χ1) is 17.5. The first kappa shape index (κ1) is 32.4. The molecule has 0 bridgehead atoms. The van der Waals surface area contributed by atoms with E-state index in [0.29, 0.717) is 17.4 Å².